The van der Waals surface area contributed by atoms with Gasteiger partial charge in [-0.1, -0.05) is 46.6 Å². The van der Waals surface area contributed by atoms with Gasteiger partial charge in [0, 0.05) is 7.11 Å². The summed E-state index contributed by atoms with van der Waals surface area (Å²) in [6, 6.07) is 6.27. The van der Waals surface area contributed by atoms with Gasteiger partial charge in [0.2, 0.25) is 0 Å². The molecule has 0 aliphatic rings. The van der Waals surface area contributed by atoms with Crippen LogP contribution >= 0.6 is 0 Å². The smallest absolute Gasteiger partial charge is 0.338 e. The molecule has 0 aliphatic heterocycles. The van der Waals surface area contributed by atoms with Gasteiger partial charge < -0.3 is 9.47 Å². The van der Waals surface area contributed by atoms with Crippen molar-refractivity contribution in [3.05, 3.63) is 34.9 Å². The van der Waals surface area contributed by atoms with Crippen LogP contribution in [-0.2, 0) is 22.3 Å². The lowest BCUT2D eigenvalue weighted by atomic mass is 9.98. The van der Waals surface area contributed by atoms with Gasteiger partial charge in [0.15, 0.2) is 0 Å². The molecule has 1 unspecified atom stereocenters. The predicted octanol–water partition coefficient (Wildman–Crippen LogP) is 5.59. The van der Waals surface area contributed by atoms with Crippen molar-refractivity contribution < 1.29 is 14.3 Å². The van der Waals surface area contributed by atoms with Crippen LogP contribution in [0, 0.1) is 5.92 Å². The quantitative estimate of drug-likeness (QED) is 0.462. The Morgan fingerprint density at radius 3 is 2.00 bits per heavy atom. The van der Waals surface area contributed by atoms with Gasteiger partial charge in [0.25, 0.3) is 0 Å². The molecule has 1 rings (SSSR count). The van der Waals surface area contributed by atoms with E-state index in [2.05, 4.69) is 33.8 Å². The van der Waals surface area contributed by atoms with Gasteiger partial charge in [-0.25, -0.2) is 4.79 Å². The Morgan fingerprint density at radius 1 is 1.00 bits per heavy atom. The summed E-state index contributed by atoms with van der Waals surface area (Å²) in [5, 5.41) is 0. The van der Waals surface area contributed by atoms with E-state index in [1.807, 2.05) is 12.1 Å². The van der Waals surface area contributed by atoms with Crippen LogP contribution in [-0.4, -0.2) is 25.8 Å². The topological polar surface area (TPSA) is 35.5 Å². The van der Waals surface area contributed by atoms with Crippen LogP contribution in [0.1, 0.15) is 81.3 Å². The van der Waals surface area contributed by atoms with Gasteiger partial charge in [-0.2, -0.15) is 0 Å². The van der Waals surface area contributed by atoms with E-state index < -0.39 is 0 Å². The normalized spacial score (nSPS) is 12.4. The molecule has 0 fully saturated rings. The Bertz CT molecular complexity index is 482. The van der Waals surface area contributed by atoms with Crippen LogP contribution in [0.5, 0.6) is 0 Å². The molecule has 0 spiro atoms. The van der Waals surface area contributed by atoms with Crippen molar-refractivity contribution in [2.45, 2.75) is 78.7 Å². The average Bonchev–Trinajstić information content (AvgIpc) is 2.57. The lowest BCUT2D eigenvalue weighted by Crippen LogP contribution is -2.25. The molecule has 1 aromatic rings. The molecule has 3 heteroatoms. The van der Waals surface area contributed by atoms with Gasteiger partial charge >= 0.3 is 5.97 Å². The van der Waals surface area contributed by atoms with Gasteiger partial charge in [0.05, 0.1) is 12.2 Å². The van der Waals surface area contributed by atoms with E-state index in [4.69, 9.17) is 9.47 Å². The minimum absolute atomic E-state index is 0.184. The Balaban J connectivity index is 2.92. The molecule has 0 aliphatic carbocycles. The number of ether oxygens (including phenoxy) is 2. The number of benzene rings is 1. The number of unbranched alkanes of at least 4 members (excludes halogenated alkanes) is 2. The first-order valence-corrected chi connectivity index (χ1v) is 9.82. The fourth-order valence-corrected chi connectivity index (χ4v) is 3.01. The maximum atomic E-state index is 12.7. The first-order chi connectivity index (χ1) is 12.0. The second-order valence-corrected chi connectivity index (χ2v) is 7.36. The summed E-state index contributed by atoms with van der Waals surface area (Å²) < 4.78 is 11.0. The van der Waals surface area contributed by atoms with Gasteiger partial charge in [-0.3, -0.25) is 0 Å². The third-order valence-electron chi connectivity index (χ3n) is 4.29. The molecule has 3 nitrogen and oxygen atoms in total. The van der Waals surface area contributed by atoms with Crippen LogP contribution in [0.25, 0.3) is 0 Å². The molecule has 0 amide bonds. The highest BCUT2D eigenvalue weighted by atomic mass is 16.6. The summed E-state index contributed by atoms with van der Waals surface area (Å²) in [6.45, 7) is 9.09. The summed E-state index contributed by atoms with van der Waals surface area (Å²) >= 11 is 0. The van der Waals surface area contributed by atoms with Crippen molar-refractivity contribution in [2.75, 3.05) is 13.7 Å². The van der Waals surface area contributed by atoms with E-state index in [0.717, 1.165) is 44.9 Å². The van der Waals surface area contributed by atoms with E-state index in [0.29, 0.717) is 18.1 Å². The van der Waals surface area contributed by atoms with E-state index in [1.54, 1.807) is 7.11 Å². The SMILES string of the molecule is CCCCc1cc(CCCC)cc(C(=O)OC(COC)CC(C)C)c1. The van der Waals surface area contributed by atoms with Crippen LogP contribution in [0.4, 0.5) is 0 Å². The Kier molecular flexibility index (Phi) is 10.5. The maximum absolute atomic E-state index is 12.7. The van der Waals surface area contributed by atoms with Crippen LogP contribution in [0.2, 0.25) is 0 Å². The van der Waals surface area contributed by atoms with E-state index in [9.17, 15) is 4.79 Å². The number of hydrogen-bond acceptors (Lipinski definition) is 3. The highest BCUT2D eigenvalue weighted by Crippen LogP contribution is 2.18. The number of esters is 1. The molecular formula is C22H36O3. The van der Waals surface area contributed by atoms with Crippen LogP contribution in [0.3, 0.4) is 0 Å². The van der Waals surface area contributed by atoms with Gasteiger partial charge in [-0.15, -0.1) is 0 Å². The van der Waals surface area contributed by atoms with E-state index in [-0.39, 0.29) is 12.1 Å². The van der Waals surface area contributed by atoms with Crippen molar-refractivity contribution in [1.82, 2.24) is 0 Å². The summed E-state index contributed by atoms with van der Waals surface area (Å²) in [7, 11) is 1.65. The lowest BCUT2D eigenvalue weighted by Gasteiger charge is -2.19. The molecule has 142 valence electrons. The molecule has 0 aromatic heterocycles. The fourth-order valence-electron chi connectivity index (χ4n) is 3.01. The minimum atomic E-state index is -0.223. The average molecular weight is 349 g/mol. The van der Waals surface area contributed by atoms with Crippen molar-refractivity contribution >= 4 is 5.97 Å². The summed E-state index contributed by atoms with van der Waals surface area (Å²) in [5.74, 6) is 0.239. The maximum Gasteiger partial charge on any atom is 0.338 e. The number of methoxy groups -OCH3 is 1. The molecule has 0 bridgehead atoms. The molecule has 0 radical (unpaired) electrons. The first kappa shape index (κ1) is 21.7. The zero-order valence-corrected chi connectivity index (χ0v) is 16.8. The molecular weight excluding hydrogens is 312 g/mol. The molecule has 0 N–H and O–H groups in total. The number of carbonyl (C=O) groups is 1. The van der Waals surface area contributed by atoms with Crippen molar-refractivity contribution in [2.24, 2.45) is 5.92 Å². The fraction of sp³-hybridized carbons (Fsp3) is 0.682. The monoisotopic (exact) mass is 348 g/mol. The van der Waals surface area contributed by atoms with E-state index >= 15 is 0 Å². The number of carbonyl (C=O) groups excluding carboxylic acids is 1. The molecule has 25 heavy (non-hydrogen) atoms. The third-order valence-corrected chi connectivity index (χ3v) is 4.29. The number of hydrogen-bond donors (Lipinski definition) is 0. The van der Waals surface area contributed by atoms with Gasteiger partial charge in [0.1, 0.15) is 6.10 Å². The zero-order chi connectivity index (χ0) is 18.7. The minimum Gasteiger partial charge on any atom is -0.456 e. The Morgan fingerprint density at radius 2 is 1.56 bits per heavy atom. The third kappa shape index (κ3) is 8.53. The second kappa shape index (κ2) is 12.1. The molecule has 0 heterocycles. The molecule has 0 saturated heterocycles. The van der Waals surface area contributed by atoms with Crippen molar-refractivity contribution in [3.8, 4) is 0 Å². The molecule has 1 aromatic carbocycles. The summed E-state index contributed by atoms with van der Waals surface area (Å²) in [5.41, 5.74) is 3.17. The van der Waals surface area contributed by atoms with Crippen LogP contribution < -0.4 is 0 Å². The Labute approximate surface area is 154 Å². The van der Waals surface area contributed by atoms with Gasteiger partial charge in [-0.05, 0) is 61.3 Å². The number of rotatable bonds is 12. The molecule has 0 saturated carbocycles. The summed E-state index contributed by atoms with van der Waals surface area (Å²) in [6.07, 6.45) is 7.27. The Hall–Kier alpha value is -1.35. The number of aryl methyl sites for hydroxylation is 2. The van der Waals surface area contributed by atoms with Crippen molar-refractivity contribution in [3.63, 3.8) is 0 Å². The van der Waals surface area contributed by atoms with Crippen LogP contribution in [0.15, 0.2) is 18.2 Å². The highest BCUT2D eigenvalue weighted by molar-refractivity contribution is 5.90. The lowest BCUT2D eigenvalue weighted by molar-refractivity contribution is -0.000700. The van der Waals surface area contributed by atoms with E-state index in [1.165, 1.54) is 11.1 Å². The second-order valence-electron chi connectivity index (χ2n) is 7.36. The molecule has 1 atom stereocenters. The summed E-state index contributed by atoms with van der Waals surface area (Å²) in [4.78, 5) is 12.7. The zero-order valence-electron chi connectivity index (χ0n) is 16.8. The highest BCUT2D eigenvalue weighted by Gasteiger charge is 2.18. The first-order valence-electron chi connectivity index (χ1n) is 9.82. The standard InChI is InChI=1S/C22H36O3/c1-6-8-10-18-13-19(11-9-7-2)15-20(14-18)22(23)25-21(16-24-5)12-17(3)4/h13-15,17,21H,6-12,16H2,1-5H3. The largest absolute Gasteiger partial charge is 0.456 e. The predicted molar refractivity (Wildman–Crippen MR) is 104 cm³/mol. The van der Waals surface area contributed by atoms with Crippen molar-refractivity contribution in [1.29, 1.82) is 0 Å².